The summed E-state index contributed by atoms with van der Waals surface area (Å²) in [5.41, 5.74) is 23.5. The number of carboxylic acid groups (broad SMARTS) is 2. The van der Waals surface area contributed by atoms with Gasteiger partial charge in [-0.1, -0.05) is 128 Å². The predicted octanol–water partition coefficient (Wildman–Crippen LogP) is 6.56. The molecule has 2 saturated heterocycles. The van der Waals surface area contributed by atoms with Gasteiger partial charge in [-0.15, -0.1) is 0 Å². The largest absolute Gasteiger partial charge is 0.756 e. The van der Waals surface area contributed by atoms with Crippen LogP contribution in [-0.4, -0.2) is 204 Å². The van der Waals surface area contributed by atoms with Crippen molar-refractivity contribution in [1.82, 2.24) is 37.2 Å². The number of rotatable bonds is 65. The van der Waals surface area contributed by atoms with Gasteiger partial charge in [0.25, 0.3) is 15.6 Å². The lowest BCUT2D eigenvalue weighted by molar-refractivity contribution is -0.436. The first-order valence-electron chi connectivity index (χ1n) is 46.1. The molecule has 2 heterocycles. The minimum atomic E-state index is -6.27. The molecule has 0 spiro atoms. The van der Waals surface area contributed by atoms with E-state index < -0.39 is 212 Å². The number of primary amides is 1. The quantitative estimate of drug-likeness (QED) is 0.0174. The Bertz CT molecular complexity index is 4200. The number of carbonyl (C=O) groups is 10. The molecule has 2 unspecified atom stereocenters. The lowest BCUT2D eigenvalue weighted by Crippen LogP contribution is -2.70. The molecule has 2 fully saturated rings. The van der Waals surface area contributed by atoms with Crippen LogP contribution in [0.3, 0.4) is 0 Å². The molecule has 0 aromatic heterocycles. The van der Waals surface area contributed by atoms with E-state index in [9.17, 15) is 97.5 Å². The number of phosphoric acid groups is 2. The third-order valence-corrected chi connectivity index (χ3v) is 24.9. The van der Waals surface area contributed by atoms with Crippen LogP contribution in [0.1, 0.15) is 285 Å². The van der Waals surface area contributed by atoms with E-state index in [1.807, 2.05) is 6.92 Å². The second-order valence-corrected chi connectivity index (χ2v) is 38.2. The van der Waals surface area contributed by atoms with Crippen molar-refractivity contribution in [3.8, 4) is 0 Å². The lowest BCUT2D eigenvalue weighted by atomic mass is 9.94. The first kappa shape index (κ1) is 121. The molecular formula is C95H154N9O27P2-3. The maximum absolute atomic E-state index is 14.1. The Morgan fingerprint density at radius 2 is 0.857 bits per heavy atom. The average Bonchev–Trinajstić information content (AvgIpc) is 0.764. The number of hydrogen-bond donors (Lipinski definition) is 13. The Morgan fingerprint density at radius 1 is 0.451 bits per heavy atom. The van der Waals surface area contributed by atoms with Gasteiger partial charge in [0.2, 0.25) is 47.3 Å². The first-order valence-corrected chi connectivity index (χ1v) is 49.0. The summed E-state index contributed by atoms with van der Waals surface area (Å²) >= 11 is 0. The molecule has 2 aliphatic heterocycles. The Morgan fingerprint density at radius 3 is 1.26 bits per heavy atom. The van der Waals surface area contributed by atoms with Gasteiger partial charge in [-0.05, 0) is 258 Å². The Balaban J connectivity index is 2.09. The zero-order valence-electron chi connectivity index (χ0n) is 81.2. The fourth-order valence-electron chi connectivity index (χ4n) is 14.2. The molecule has 0 aromatic carbocycles. The molecule has 38 heteroatoms. The number of nitrogens with two attached hydrogens (primary N) is 1. The van der Waals surface area contributed by atoms with Gasteiger partial charge in [0.1, 0.15) is 79.0 Å². The van der Waals surface area contributed by atoms with E-state index in [4.69, 9.17) is 33.7 Å². The molecule has 754 valence electrons. The van der Waals surface area contributed by atoms with Gasteiger partial charge < -0.3 is 122 Å². The third-order valence-electron chi connectivity index (χ3n) is 22.4. The van der Waals surface area contributed by atoms with E-state index in [0.29, 0.717) is 18.4 Å². The molecule has 18 atom stereocenters. The van der Waals surface area contributed by atoms with Crippen molar-refractivity contribution in [2.24, 2.45) is 5.73 Å². The number of carbonyl (C=O) groups excluding carboxylic acids is 10. The minimum Gasteiger partial charge on any atom is -0.756 e. The van der Waals surface area contributed by atoms with E-state index in [1.54, 1.807) is 6.92 Å². The maximum Gasteiger partial charge on any atom is 0.276 e. The standard InChI is InChI=1S/C95H157N9O27P2/c1-59(2)30-20-31-60(3)32-21-33-61(4)34-22-35-62(5)36-23-37-63(6)38-24-39-64(7)40-25-41-65(8)42-26-43-66(9)44-27-45-67(10)46-28-47-68(11)48-29-49-69(12)53-55-125-132(121,122)131-133(123,124)130-95-83(102-74(17)108)87(86(79(58-106)128-95)129-94-82(101-73(16)107)85(112)84(111)78(57-105)127-94)126-72(15)90(115)99-70(13)89(114)104-76(88(97)113)51-52-80(109)103-77(91(116)100-71(14)92(117)118)50-18-19-54-98-81(110)56-75(96)93(119)120/h30,32,34,36,38,40,42,44,46,48,53,70-72,75-79,82-87,94-95,105-106,111-112H,18-29,31,33,35,37,39,41,43,45,47,49-52,54-58,96H2,1-17H3,(H2,97,113)(H,98,110)(H,99,115)(H,100,116)(H,101,107)(H,102,108)(H,103,109)(H,104,114)(H,117,118)(H,119,120)(H,121,122)(H,123,124)/p-3/b60-32+,61-34+,62-36-,63-38-,64-40-,65-42-,66-44-,67-46-,68-48-,69-53-/t70-,71-,72+,75+,76+,77+,78+,79+,82+,83+,84+,85+,86+,87+,94-,95+/m0/s1. The van der Waals surface area contributed by atoms with Crippen molar-refractivity contribution < 1.29 is 136 Å². The number of unbranched alkanes of at least 4 members (excludes halogenated alkanes) is 1. The number of aliphatic hydroxyl groups is 4. The van der Waals surface area contributed by atoms with Crippen LogP contribution in [0.5, 0.6) is 0 Å². The van der Waals surface area contributed by atoms with Crippen LogP contribution in [0.25, 0.3) is 0 Å². The molecule has 133 heavy (non-hydrogen) atoms. The number of aliphatic hydroxyl groups excluding tert-OH is 4. The van der Waals surface area contributed by atoms with E-state index in [-0.39, 0.29) is 25.8 Å². The summed E-state index contributed by atoms with van der Waals surface area (Å²) in [6, 6.07) is -11.3. The molecule has 2 rings (SSSR count). The van der Waals surface area contributed by atoms with Crippen LogP contribution in [0.4, 0.5) is 0 Å². The molecule has 0 saturated carbocycles. The highest BCUT2D eigenvalue weighted by atomic mass is 31.3. The van der Waals surface area contributed by atoms with Gasteiger partial charge in [0.15, 0.2) is 12.6 Å². The molecule has 0 aliphatic carbocycles. The minimum absolute atomic E-state index is 0.00339. The van der Waals surface area contributed by atoms with Gasteiger partial charge in [0, 0.05) is 26.8 Å². The summed E-state index contributed by atoms with van der Waals surface area (Å²) in [6.07, 6.45) is 25.4. The van der Waals surface area contributed by atoms with E-state index in [1.165, 1.54) is 56.2 Å². The SMILES string of the molecule is CC(=O)N[C@H]1[C@H](O[C@H]2[C@H](O[C@H](C)C(=O)N[C@@H](C)C(=O)N[C@H](CCC(=O)N[C@H](CCCCNC(=O)C[C@@H]([NH3+])C(=O)[O-])C(=O)N[C@@H](C)C(=O)[O-])C(N)=O)[C@@H](NC(C)=O)[C@@H](OP(=O)([O-])OP(=O)([O-])OC/C=C(/C)CC/C=C(/C)CC/C=C(/C)CC/C=C(/C)CC/C=C(/C)CC/C=C(/C)CC/C=C(/C)CC/C=C(/C)CC/C=C(\C)CC/C=C(\C)CCC=C(C)C)O[C@@H]2CO)O[C@H](CO)[C@@H](O)[C@@H]1O. The second kappa shape index (κ2) is 64.7. The summed E-state index contributed by atoms with van der Waals surface area (Å²) in [7, 11) is -12.1. The third kappa shape index (κ3) is 52.6. The highest BCUT2D eigenvalue weighted by molar-refractivity contribution is 7.59. The number of ether oxygens (including phenoxy) is 4. The number of nitrogens with one attached hydrogen (secondary N) is 7. The van der Waals surface area contributed by atoms with Crippen LogP contribution in [0.2, 0.25) is 0 Å². The maximum atomic E-state index is 14.1. The summed E-state index contributed by atoms with van der Waals surface area (Å²) in [5, 5.41) is 81.7. The predicted molar refractivity (Wildman–Crippen MR) is 496 cm³/mol. The average molecular weight is 1920 g/mol. The molecule has 2 aliphatic rings. The normalized spacial score (nSPS) is 22.2. The van der Waals surface area contributed by atoms with Gasteiger partial charge in [-0.25, -0.2) is 4.31 Å². The molecule has 36 nitrogen and oxygen atoms in total. The van der Waals surface area contributed by atoms with Crippen LogP contribution >= 0.6 is 15.6 Å². The monoisotopic (exact) mass is 1920 g/mol. The number of carboxylic acids is 2. The van der Waals surface area contributed by atoms with Gasteiger partial charge in [-0.2, -0.15) is 0 Å². The molecule has 0 aromatic rings. The Labute approximate surface area is 786 Å². The smallest absolute Gasteiger partial charge is 0.276 e. The second-order valence-electron chi connectivity index (χ2n) is 35.2. The van der Waals surface area contributed by atoms with Crippen LogP contribution in [-0.2, 0) is 89.4 Å². The number of allylic oxidation sites excluding steroid dienone is 21. The van der Waals surface area contributed by atoms with E-state index >= 15 is 0 Å². The van der Waals surface area contributed by atoms with Crippen molar-refractivity contribution in [3.05, 3.63) is 128 Å². The number of hydrogen-bond acceptors (Lipinski definition) is 27. The fourth-order valence-corrected chi connectivity index (χ4v) is 16.2. The van der Waals surface area contributed by atoms with Crippen LogP contribution < -0.4 is 68.7 Å². The number of aliphatic carboxylic acids is 2. The van der Waals surface area contributed by atoms with Gasteiger partial charge in [0.05, 0.1) is 44.2 Å². The molecule has 0 bridgehead atoms. The van der Waals surface area contributed by atoms with Crippen molar-refractivity contribution in [2.45, 2.75) is 382 Å². The zero-order chi connectivity index (χ0) is 100. The topological polar surface area (TPSA) is 580 Å². The van der Waals surface area contributed by atoms with Gasteiger partial charge in [-0.3, -0.25) is 52.0 Å². The van der Waals surface area contributed by atoms with Crippen molar-refractivity contribution in [1.29, 1.82) is 0 Å². The summed E-state index contributed by atoms with van der Waals surface area (Å²) in [6.45, 7) is 28.2. The fraction of sp³-hybridized carbons (Fsp3) is 0.663. The zero-order valence-corrected chi connectivity index (χ0v) is 82.9. The molecule has 16 N–H and O–H groups in total. The van der Waals surface area contributed by atoms with Crippen molar-refractivity contribution >= 4 is 74.8 Å². The van der Waals surface area contributed by atoms with Gasteiger partial charge >= 0.3 is 0 Å². The summed E-state index contributed by atoms with van der Waals surface area (Å²) < 4.78 is 65.4. The molecular weight excluding hydrogens is 1760 g/mol. The molecule has 0 radical (unpaired) electrons. The lowest BCUT2D eigenvalue weighted by Gasteiger charge is -2.50. The highest BCUT2D eigenvalue weighted by Gasteiger charge is 2.54. The number of quaternary nitrogens is 1. The van der Waals surface area contributed by atoms with E-state index in [2.05, 4.69) is 177 Å². The van der Waals surface area contributed by atoms with Crippen molar-refractivity contribution in [3.63, 3.8) is 0 Å². The van der Waals surface area contributed by atoms with Crippen LogP contribution in [0.15, 0.2) is 128 Å². The molecule has 8 amide bonds. The summed E-state index contributed by atoms with van der Waals surface area (Å²) in [5.74, 6) is -11.0. The van der Waals surface area contributed by atoms with Crippen LogP contribution in [0, 0.1) is 0 Å². The first-order chi connectivity index (χ1) is 62.5. The number of phosphoric ester groups is 2. The van der Waals surface area contributed by atoms with Crippen molar-refractivity contribution in [2.75, 3.05) is 26.4 Å². The highest BCUT2D eigenvalue weighted by Crippen LogP contribution is 2.57. The Kier molecular flexibility index (Phi) is 58.8. The van der Waals surface area contributed by atoms with E-state index in [0.717, 1.165) is 156 Å². The Hall–Kier alpha value is -8.26. The number of amides is 8. The summed E-state index contributed by atoms with van der Waals surface area (Å²) in [4.78, 5) is 154.